The molecule has 0 aliphatic rings. The number of carbonyl (C=O) groups is 3. The van der Waals surface area contributed by atoms with Gasteiger partial charge in [0.15, 0.2) is 12.1 Å². The fourth-order valence-corrected chi connectivity index (χ4v) is 6.68. The monoisotopic (exact) mass is 753 g/mol. The number of rotatable bonds is 40. The summed E-state index contributed by atoms with van der Waals surface area (Å²) in [6.07, 6.45) is 38.4. The number of unbranched alkanes of at least 4 members (excludes halogenated alkanes) is 24. The van der Waals surface area contributed by atoms with Crippen LogP contribution in [-0.4, -0.2) is 80.6 Å². The second-order valence-corrected chi connectivity index (χ2v) is 16.3. The highest BCUT2D eigenvalue weighted by Crippen LogP contribution is 2.16. The van der Waals surface area contributed by atoms with Gasteiger partial charge in [0.2, 0.25) is 0 Å². The Kier molecular flexibility index (Phi) is 35.7. The summed E-state index contributed by atoms with van der Waals surface area (Å²) < 4.78 is 17.2. The molecule has 0 aliphatic carbocycles. The van der Waals surface area contributed by atoms with Gasteiger partial charge in [0.25, 0.3) is 0 Å². The minimum absolute atomic E-state index is 0.0581. The molecule has 2 atom stereocenters. The molecule has 2 unspecified atom stereocenters. The first-order valence-electron chi connectivity index (χ1n) is 22.2. The molecule has 312 valence electrons. The highest BCUT2D eigenvalue weighted by atomic mass is 16.6. The van der Waals surface area contributed by atoms with Crippen molar-refractivity contribution in [2.75, 3.05) is 41.0 Å². The molecule has 53 heavy (non-hydrogen) atoms. The van der Waals surface area contributed by atoms with E-state index in [0.717, 1.165) is 32.1 Å². The van der Waals surface area contributed by atoms with E-state index < -0.39 is 18.1 Å². The number of carboxylic acid groups (broad SMARTS) is 1. The lowest BCUT2D eigenvalue weighted by molar-refractivity contribution is -0.887. The number of allylic oxidation sites excluding steroid dienone is 2. The Morgan fingerprint density at radius 2 is 0.962 bits per heavy atom. The number of carbonyl (C=O) groups excluding carboxylic acids is 2. The second-order valence-electron chi connectivity index (χ2n) is 16.3. The lowest BCUT2D eigenvalue weighted by Gasteiger charge is -2.31. The molecule has 0 amide bonds. The van der Waals surface area contributed by atoms with Crippen molar-refractivity contribution in [1.29, 1.82) is 0 Å². The second kappa shape index (κ2) is 37.0. The van der Waals surface area contributed by atoms with E-state index in [2.05, 4.69) is 26.0 Å². The van der Waals surface area contributed by atoms with E-state index in [-0.39, 0.29) is 36.2 Å². The van der Waals surface area contributed by atoms with Crippen molar-refractivity contribution in [2.45, 2.75) is 219 Å². The molecule has 0 aromatic heterocycles. The van der Waals surface area contributed by atoms with Crippen LogP contribution < -0.4 is 0 Å². The van der Waals surface area contributed by atoms with Crippen molar-refractivity contribution < 1.29 is 38.2 Å². The number of likely N-dealkylation sites (N-methyl/N-ethyl adjacent to an activating group) is 1. The van der Waals surface area contributed by atoms with Crippen LogP contribution in [0.25, 0.3) is 0 Å². The Morgan fingerprint density at radius 3 is 1.42 bits per heavy atom. The summed E-state index contributed by atoms with van der Waals surface area (Å²) in [5, 5.41) is 9.60. The average molecular weight is 753 g/mol. The summed E-state index contributed by atoms with van der Waals surface area (Å²) in [6.45, 7) is 4.69. The van der Waals surface area contributed by atoms with Gasteiger partial charge in [0, 0.05) is 19.3 Å². The van der Waals surface area contributed by atoms with E-state index in [0.29, 0.717) is 25.7 Å². The molecule has 0 fully saturated rings. The van der Waals surface area contributed by atoms with Gasteiger partial charge in [-0.25, -0.2) is 4.79 Å². The molecular formula is C45H86NO7+. The third-order valence-electron chi connectivity index (χ3n) is 10.2. The third-order valence-corrected chi connectivity index (χ3v) is 10.2. The normalized spacial score (nSPS) is 13.0. The molecule has 8 nitrogen and oxygen atoms in total. The van der Waals surface area contributed by atoms with E-state index in [1.165, 1.54) is 135 Å². The maximum absolute atomic E-state index is 12.7. The van der Waals surface area contributed by atoms with Gasteiger partial charge < -0.3 is 23.8 Å². The maximum atomic E-state index is 12.7. The van der Waals surface area contributed by atoms with Gasteiger partial charge >= 0.3 is 17.9 Å². The summed E-state index contributed by atoms with van der Waals surface area (Å²) in [7, 11) is 5.52. The van der Waals surface area contributed by atoms with Crippen LogP contribution in [0.5, 0.6) is 0 Å². The van der Waals surface area contributed by atoms with Gasteiger partial charge in [-0.15, -0.1) is 0 Å². The van der Waals surface area contributed by atoms with E-state index in [4.69, 9.17) is 14.2 Å². The predicted molar refractivity (Wildman–Crippen MR) is 220 cm³/mol. The largest absolute Gasteiger partial charge is 0.477 e. The van der Waals surface area contributed by atoms with E-state index in [1.807, 2.05) is 21.1 Å². The standard InChI is InChI=1S/C45H85NO7/c1-6-8-10-12-14-16-17-18-19-20-21-22-23-24-25-26-28-30-32-34-36-44(48)53-41(39-51-38-37-42(45(49)50)46(3,4)5)40-52-43(47)35-33-31-29-27-15-13-11-9-7-2/h27,29,41-42H,6-26,28,30-40H2,1-5H3/p+1/b29-27+. The van der Waals surface area contributed by atoms with Crippen LogP contribution >= 0.6 is 0 Å². The minimum atomic E-state index is -0.876. The first-order chi connectivity index (χ1) is 25.6. The molecule has 0 saturated heterocycles. The fraction of sp³-hybridized carbons (Fsp3) is 0.889. The average Bonchev–Trinajstić information content (AvgIpc) is 3.11. The number of ether oxygens (including phenoxy) is 3. The van der Waals surface area contributed by atoms with Crippen molar-refractivity contribution in [3.63, 3.8) is 0 Å². The lowest BCUT2D eigenvalue weighted by atomic mass is 10.0. The molecule has 0 rings (SSSR count). The van der Waals surface area contributed by atoms with Gasteiger partial charge in [-0.1, -0.05) is 167 Å². The summed E-state index contributed by atoms with van der Waals surface area (Å²) >= 11 is 0. The maximum Gasteiger partial charge on any atom is 0.362 e. The summed E-state index contributed by atoms with van der Waals surface area (Å²) in [5.74, 6) is -1.50. The zero-order chi connectivity index (χ0) is 39.3. The van der Waals surface area contributed by atoms with Crippen LogP contribution in [0.1, 0.15) is 206 Å². The molecule has 0 aliphatic heterocycles. The number of hydrogen-bond acceptors (Lipinski definition) is 6. The summed E-state index contributed by atoms with van der Waals surface area (Å²) in [4.78, 5) is 36.8. The van der Waals surface area contributed by atoms with Crippen molar-refractivity contribution in [3.8, 4) is 0 Å². The molecule has 0 spiro atoms. The van der Waals surface area contributed by atoms with Crippen molar-refractivity contribution in [1.82, 2.24) is 0 Å². The smallest absolute Gasteiger partial charge is 0.362 e. The molecule has 0 bridgehead atoms. The van der Waals surface area contributed by atoms with E-state index in [1.54, 1.807) is 0 Å². The Bertz CT molecular complexity index is 885. The van der Waals surface area contributed by atoms with Gasteiger partial charge in [-0.05, 0) is 32.1 Å². The SMILES string of the molecule is CCCCCC/C=C/CCCC(=O)OCC(COCCC(C(=O)O)[N+](C)(C)C)OC(=O)CCCCCCCCCCCCCCCCCCCCCC. The molecule has 8 heteroatoms. The Labute approximate surface area is 327 Å². The van der Waals surface area contributed by atoms with Crippen molar-refractivity contribution in [3.05, 3.63) is 12.2 Å². The van der Waals surface area contributed by atoms with Gasteiger partial charge in [-0.3, -0.25) is 9.59 Å². The molecule has 1 N–H and O–H groups in total. The predicted octanol–water partition coefficient (Wildman–Crippen LogP) is 11.9. The summed E-state index contributed by atoms with van der Waals surface area (Å²) in [5.41, 5.74) is 0. The van der Waals surface area contributed by atoms with Crippen LogP contribution in [0, 0.1) is 0 Å². The van der Waals surface area contributed by atoms with Crippen LogP contribution in [0.2, 0.25) is 0 Å². The number of quaternary nitrogens is 1. The van der Waals surface area contributed by atoms with Gasteiger partial charge in [0.05, 0.1) is 34.4 Å². The Hall–Kier alpha value is -1.93. The number of aliphatic carboxylic acids is 1. The number of esters is 2. The summed E-state index contributed by atoms with van der Waals surface area (Å²) in [6, 6.07) is -0.613. The molecule has 0 aromatic carbocycles. The number of nitrogens with zero attached hydrogens (tertiary/aromatic N) is 1. The van der Waals surface area contributed by atoms with Crippen LogP contribution in [0.3, 0.4) is 0 Å². The first kappa shape index (κ1) is 51.1. The quantitative estimate of drug-likeness (QED) is 0.0288. The minimum Gasteiger partial charge on any atom is -0.477 e. The topological polar surface area (TPSA) is 99.1 Å². The van der Waals surface area contributed by atoms with Crippen molar-refractivity contribution >= 4 is 17.9 Å². The van der Waals surface area contributed by atoms with Crippen molar-refractivity contribution in [2.24, 2.45) is 0 Å². The van der Waals surface area contributed by atoms with Gasteiger partial charge in [-0.2, -0.15) is 0 Å². The molecule has 0 heterocycles. The van der Waals surface area contributed by atoms with E-state index in [9.17, 15) is 19.5 Å². The zero-order valence-corrected chi connectivity index (χ0v) is 35.5. The van der Waals surface area contributed by atoms with Crippen LogP contribution in [-0.2, 0) is 28.6 Å². The Morgan fingerprint density at radius 1 is 0.547 bits per heavy atom. The fourth-order valence-electron chi connectivity index (χ4n) is 6.68. The highest BCUT2D eigenvalue weighted by Gasteiger charge is 2.31. The number of hydrogen-bond donors (Lipinski definition) is 1. The first-order valence-corrected chi connectivity index (χ1v) is 22.2. The van der Waals surface area contributed by atoms with Crippen LogP contribution in [0.15, 0.2) is 12.2 Å². The molecular weight excluding hydrogens is 666 g/mol. The van der Waals surface area contributed by atoms with E-state index >= 15 is 0 Å². The van der Waals surface area contributed by atoms with Gasteiger partial charge in [0.1, 0.15) is 6.61 Å². The Balaban J connectivity index is 4.22. The highest BCUT2D eigenvalue weighted by molar-refractivity contribution is 5.72. The molecule has 0 radical (unpaired) electrons. The lowest BCUT2D eigenvalue weighted by Crippen LogP contribution is -2.50. The number of carboxylic acids is 1. The third kappa shape index (κ3) is 35.5. The van der Waals surface area contributed by atoms with Crippen LogP contribution in [0.4, 0.5) is 0 Å². The molecule has 0 saturated carbocycles. The molecule has 0 aromatic rings. The zero-order valence-electron chi connectivity index (χ0n) is 35.5.